The van der Waals surface area contributed by atoms with Gasteiger partial charge in [0.2, 0.25) is 0 Å². The molecule has 0 aliphatic carbocycles. The van der Waals surface area contributed by atoms with Gasteiger partial charge in [0.05, 0.1) is 17.4 Å². The molecule has 0 atom stereocenters. The van der Waals surface area contributed by atoms with Crippen molar-refractivity contribution in [3.8, 4) is 6.07 Å². The van der Waals surface area contributed by atoms with E-state index in [1.165, 1.54) is 25.5 Å². The lowest BCUT2D eigenvalue weighted by Gasteiger charge is -2.11. The first-order chi connectivity index (χ1) is 6.15. The predicted octanol–water partition coefficient (Wildman–Crippen LogP) is 1.07. The number of anilines is 1. The second-order valence-electron chi connectivity index (χ2n) is 2.39. The fourth-order valence-electron chi connectivity index (χ4n) is 0.783. The van der Waals surface area contributed by atoms with Crippen LogP contribution in [0.2, 0.25) is 0 Å². The maximum absolute atomic E-state index is 10.5. The van der Waals surface area contributed by atoms with Crippen molar-refractivity contribution in [2.75, 3.05) is 11.9 Å². The standard InChI is InChI=1S/C8H7N3O2/c1-11(8(12)13)7-2-6(3-9)4-10-5-7/h2,4-5H,1H3,(H,12,13). The summed E-state index contributed by atoms with van der Waals surface area (Å²) in [5, 5.41) is 17.1. The highest BCUT2D eigenvalue weighted by molar-refractivity contribution is 5.85. The minimum atomic E-state index is -1.09. The lowest BCUT2D eigenvalue weighted by atomic mass is 10.3. The fraction of sp³-hybridized carbons (Fsp3) is 0.125. The molecule has 0 radical (unpaired) electrons. The fourth-order valence-corrected chi connectivity index (χ4v) is 0.783. The Balaban J connectivity index is 3.03. The van der Waals surface area contributed by atoms with Gasteiger partial charge < -0.3 is 5.11 Å². The molecule has 66 valence electrons. The zero-order valence-corrected chi connectivity index (χ0v) is 6.93. The topological polar surface area (TPSA) is 77.2 Å². The molecule has 1 N–H and O–H groups in total. The van der Waals surface area contributed by atoms with Crippen LogP contribution in [0, 0.1) is 11.3 Å². The van der Waals surface area contributed by atoms with Crippen LogP contribution >= 0.6 is 0 Å². The molecule has 1 heterocycles. The molecule has 1 aromatic rings. The number of hydrogen-bond donors (Lipinski definition) is 1. The van der Waals surface area contributed by atoms with E-state index in [4.69, 9.17) is 10.4 Å². The van der Waals surface area contributed by atoms with Gasteiger partial charge in [0.15, 0.2) is 0 Å². The molecule has 0 spiro atoms. The van der Waals surface area contributed by atoms with E-state index >= 15 is 0 Å². The molecule has 0 saturated heterocycles. The van der Waals surface area contributed by atoms with Crippen molar-refractivity contribution in [3.05, 3.63) is 24.0 Å². The molecule has 0 bridgehead atoms. The largest absolute Gasteiger partial charge is 0.465 e. The Morgan fingerprint density at radius 2 is 2.38 bits per heavy atom. The van der Waals surface area contributed by atoms with E-state index in [-0.39, 0.29) is 0 Å². The van der Waals surface area contributed by atoms with Crippen molar-refractivity contribution in [3.63, 3.8) is 0 Å². The van der Waals surface area contributed by atoms with E-state index < -0.39 is 6.09 Å². The number of rotatable bonds is 1. The van der Waals surface area contributed by atoms with Gasteiger partial charge in [0, 0.05) is 13.2 Å². The Morgan fingerprint density at radius 1 is 1.69 bits per heavy atom. The van der Waals surface area contributed by atoms with E-state index in [2.05, 4.69) is 4.98 Å². The van der Waals surface area contributed by atoms with E-state index in [1.807, 2.05) is 6.07 Å². The van der Waals surface area contributed by atoms with Gasteiger partial charge in [0.25, 0.3) is 0 Å². The van der Waals surface area contributed by atoms with Crippen LogP contribution in [0.25, 0.3) is 0 Å². The smallest absolute Gasteiger partial charge is 0.411 e. The van der Waals surface area contributed by atoms with Gasteiger partial charge >= 0.3 is 6.09 Å². The van der Waals surface area contributed by atoms with Crippen molar-refractivity contribution in [1.82, 2.24) is 4.98 Å². The van der Waals surface area contributed by atoms with Crippen molar-refractivity contribution in [1.29, 1.82) is 5.26 Å². The lowest BCUT2D eigenvalue weighted by molar-refractivity contribution is 0.203. The van der Waals surface area contributed by atoms with Crippen molar-refractivity contribution in [2.45, 2.75) is 0 Å². The minimum Gasteiger partial charge on any atom is -0.465 e. The summed E-state index contributed by atoms with van der Waals surface area (Å²) in [6.07, 6.45) is 1.67. The molecule has 0 aliphatic heterocycles. The highest BCUT2D eigenvalue weighted by Crippen LogP contribution is 2.11. The molecule has 1 rings (SSSR count). The first-order valence-corrected chi connectivity index (χ1v) is 3.47. The number of amides is 1. The summed E-state index contributed by atoms with van der Waals surface area (Å²) in [6, 6.07) is 3.34. The van der Waals surface area contributed by atoms with Gasteiger partial charge in [-0.05, 0) is 6.07 Å². The normalized spacial score (nSPS) is 8.92. The zero-order chi connectivity index (χ0) is 9.84. The summed E-state index contributed by atoms with van der Waals surface area (Å²) < 4.78 is 0. The average Bonchev–Trinajstić information content (AvgIpc) is 2.16. The Bertz CT molecular complexity index is 370. The van der Waals surface area contributed by atoms with Crippen LogP contribution in [-0.4, -0.2) is 23.2 Å². The van der Waals surface area contributed by atoms with Gasteiger partial charge in [-0.15, -0.1) is 0 Å². The molecule has 0 unspecified atom stereocenters. The Morgan fingerprint density at radius 3 is 2.92 bits per heavy atom. The van der Waals surface area contributed by atoms with Crippen molar-refractivity contribution >= 4 is 11.8 Å². The quantitative estimate of drug-likeness (QED) is 0.695. The molecule has 0 aliphatic rings. The number of aromatic nitrogens is 1. The molecular weight excluding hydrogens is 170 g/mol. The van der Waals surface area contributed by atoms with Crippen molar-refractivity contribution in [2.24, 2.45) is 0 Å². The van der Waals surface area contributed by atoms with Gasteiger partial charge in [-0.2, -0.15) is 5.26 Å². The van der Waals surface area contributed by atoms with Crippen LogP contribution in [-0.2, 0) is 0 Å². The SMILES string of the molecule is CN(C(=O)O)c1cncc(C#N)c1. The number of carbonyl (C=O) groups is 1. The number of nitrogens with zero attached hydrogens (tertiary/aromatic N) is 3. The monoisotopic (exact) mass is 177 g/mol. The number of pyridine rings is 1. The maximum atomic E-state index is 10.5. The first-order valence-electron chi connectivity index (χ1n) is 3.47. The van der Waals surface area contributed by atoms with Gasteiger partial charge in [-0.3, -0.25) is 9.88 Å². The summed E-state index contributed by atoms with van der Waals surface area (Å²) in [4.78, 5) is 15.2. The number of nitriles is 1. The summed E-state index contributed by atoms with van der Waals surface area (Å²) in [7, 11) is 1.39. The highest BCUT2D eigenvalue weighted by Gasteiger charge is 2.08. The minimum absolute atomic E-state index is 0.339. The first kappa shape index (κ1) is 9.00. The van der Waals surface area contributed by atoms with E-state index in [9.17, 15) is 4.79 Å². The molecule has 0 aromatic carbocycles. The zero-order valence-electron chi connectivity index (χ0n) is 6.93. The summed E-state index contributed by atoms with van der Waals surface area (Å²) >= 11 is 0. The maximum Gasteiger partial charge on any atom is 0.411 e. The number of hydrogen-bond acceptors (Lipinski definition) is 3. The molecule has 1 aromatic heterocycles. The van der Waals surface area contributed by atoms with Crippen LogP contribution in [0.5, 0.6) is 0 Å². The second kappa shape index (κ2) is 3.54. The predicted molar refractivity (Wildman–Crippen MR) is 45.4 cm³/mol. The van der Waals surface area contributed by atoms with E-state index in [1.54, 1.807) is 0 Å². The van der Waals surface area contributed by atoms with Gasteiger partial charge in [-0.1, -0.05) is 0 Å². The molecule has 0 fully saturated rings. The molecule has 5 heteroatoms. The van der Waals surface area contributed by atoms with Gasteiger partial charge in [0.1, 0.15) is 6.07 Å². The molecule has 13 heavy (non-hydrogen) atoms. The van der Waals surface area contributed by atoms with Crippen LogP contribution in [0.1, 0.15) is 5.56 Å². The molecule has 0 saturated carbocycles. The molecule has 1 amide bonds. The number of carboxylic acid groups (broad SMARTS) is 1. The van der Waals surface area contributed by atoms with E-state index in [0.29, 0.717) is 11.3 Å². The lowest BCUT2D eigenvalue weighted by Crippen LogP contribution is -2.23. The Labute approximate surface area is 74.9 Å². The second-order valence-corrected chi connectivity index (χ2v) is 2.39. The van der Waals surface area contributed by atoms with Crippen LogP contribution in [0.4, 0.5) is 10.5 Å². The molecule has 5 nitrogen and oxygen atoms in total. The van der Waals surface area contributed by atoms with Gasteiger partial charge in [-0.25, -0.2) is 4.79 Å². The third-order valence-corrected chi connectivity index (χ3v) is 1.53. The Kier molecular flexibility index (Phi) is 2.45. The summed E-state index contributed by atoms with van der Waals surface area (Å²) in [5.74, 6) is 0. The summed E-state index contributed by atoms with van der Waals surface area (Å²) in [5.41, 5.74) is 0.720. The van der Waals surface area contributed by atoms with Crippen LogP contribution in [0.15, 0.2) is 18.5 Å². The third kappa shape index (κ3) is 1.93. The van der Waals surface area contributed by atoms with Crippen molar-refractivity contribution < 1.29 is 9.90 Å². The van der Waals surface area contributed by atoms with Crippen LogP contribution in [0.3, 0.4) is 0 Å². The highest BCUT2D eigenvalue weighted by atomic mass is 16.4. The van der Waals surface area contributed by atoms with E-state index in [0.717, 1.165) is 4.90 Å². The Hall–Kier alpha value is -2.09. The average molecular weight is 177 g/mol. The third-order valence-electron chi connectivity index (χ3n) is 1.53. The summed E-state index contributed by atoms with van der Waals surface area (Å²) in [6.45, 7) is 0. The van der Waals surface area contributed by atoms with Crippen LogP contribution < -0.4 is 4.90 Å². The molecular formula is C8H7N3O2.